The molecular weight excluding hydrogens is 342 g/mol. The molecule has 0 bridgehead atoms. The van der Waals surface area contributed by atoms with Gasteiger partial charge >= 0.3 is 5.97 Å². The van der Waals surface area contributed by atoms with E-state index in [9.17, 15) is 14.7 Å². The number of carbonyl (C=O) groups is 2. The van der Waals surface area contributed by atoms with Crippen LogP contribution in [-0.2, 0) is 16.1 Å². The molecule has 23 heavy (non-hydrogen) atoms. The second kappa shape index (κ2) is 7.70. The minimum atomic E-state index is -1.13. The van der Waals surface area contributed by atoms with Gasteiger partial charge in [0.15, 0.2) is 3.95 Å². The van der Waals surface area contributed by atoms with Gasteiger partial charge in [-0.05, 0) is 24.4 Å². The first-order valence-electron chi connectivity index (χ1n) is 6.40. The summed E-state index contributed by atoms with van der Waals surface area (Å²) in [5, 5.41) is 20.8. The predicted molar refractivity (Wildman–Crippen MR) is 85.7 cm³/mol. The van der Waals surface area contributed by atoms with Crippen molar-refractivity contribution in [3.63, 3.8) is 0 Å². The molecular formula is C13H13N3O5S2. The van der Waals surface area contributed by atoms with E-state index in [4.69, 9.17) is 21.7 Å². The normalized spacial score (nSPS) is 11.0. The lowest BCUT2D eigenvalue weighted by atomic mass is 10.4. The van der Waals surface area contributed by atoms with Crippen molar-refractivity contribution in [1.82, 2.24) is 9.88 Å². The summed E-state index contributed by atoms with van der Waals surface area (Å²) in [6.07, 6.45) is 2.86. The molecule has 0 aliphatic heterocycles. The molecule has 2 aromatic heterocycles. The van der Waals surface area contributed by atoms with Crippen molar-refractivity contribution < 1.29 is 24.2 Å². The molecule has 0 saturated heterocycles. The number of rotatable bonds is 7. The van der Waals surface area contributed by atoms with Crippen LogP contribution >= 0.6 is 23.6 Å². The van der Waals surface area contributed by atoms with Crippen LogP contribution in [0.1, 0.15) is 10.6 Å². The van der Waals surface area contributed by atoms with Crippen LogP contribution in [0, 0.1) is 3.95 Å². The van der Waals surface area contributed by atoms with Crippen molar-refractivity contribution in [2.24, 2.45) is 4.99 Å². The summed E-state index contributed by atoms with van der Waals surface area (Å²) in [5.74, 6) is -1.08. The third-order valence-corrected chi connectivity index (χ3v) is 4.04. The topological polar surface area (TPSA) is 117 Å². The van der Waals surface area contributed by atoms with E-state index in [1.807, 2.05) is 0 Å². The van der Waals surface area contributed by atoms with Gasteiger partial charge in [-0.2, -0.15) is 0 Å². The van der Waals surface area contributed by atoms with Crippen molar-refractivity contribution in [2.75, 3.05) is 13.1 Å². The van der Waals surface area contributed by atoms with Gasteiger partial charge in [0.2, 0.25) is 11.8 Å². The maximum absolute atomic E-state index is 11.3. The highest BCUT2D eigenvalue weighted by molar-refractivity contribution is 7.73. The highest BCUT2D eigenvalue weighted by atomic mass is 32.1. The Morgan fingerprint density at radius 2 is 2.30 bits per heavy atom. The number of thiazole rings is 1. The van der Waals surface area contributed by atoms with Crippen molar-refractivity contribution in [3.8, 4) is 5.88 Å². The summed E-state index contributed by atoms with van der Waals surface area (Å²) >= 11 is 6.32. The van der Waals surface area contributed by atoms with E-state index in [-0.39, 0.29) is 12.4 Å². The summed E-state index contributed by atoms with van der Waals surface area (Å²) in [7, 11) is 0. The molecule has 2 rings (SSSR count). The van der Waals surface area contributed by atoms with E-state index < -0.39 is 18.4 Å². The van der Waals surface area contributed by atoms with E-state index in [0.717, 1.165) is 11.3 Å². The van der Waals surface area contributed by atoms with Crippen LogP contribution in [0.3, 0.4) is 0 Å². The second-order valence-corrected chi connectivity index (χ2v) is 6.04. The number of aliphatic imine (C=N–C) groups is 1. The standard InChI is InChI=1S/C13H13N3O5S2/c17-10(15-6-11(18)19)5-14-4-9-12(20)16(13(22)23-9)7-8-2-1-3-21-8/h1-4,20H,5-7H2,(H,15,17)(H,18,19). The molecule has 3 N–H and O–H groups in total. The first-order valence-corrected chi connectivity index (χ1v) is 7.63. The fourth-order valence-corrected chi connectivity index (χ4v) is 2.84. The third-order valence-electron chi connectivity index (χ3n) is 2.67. The van der Waals surface area contributed by atoms with Crippen LogP contribution in [0.2, 0.25) is 0 Å². The molecule has 0 fully saturated rings. The monoisotopic (exact) mass is 355 g/mol. The Balaban J connectivity index is 2.01. The fourth-order valence-electron chi connectivity index (χ4n) is 1.64. The summed E-state index contributed by atoms with van der Waals surface area (Å²) in [6.45, 7) is -0.408. The third kappa shape index (κ3) is 4.76. The molecule has 0 aliphatic rings. The number of amides is 1. The highest BCUT2D eigenvalue weighted by Crippen LogP contribution is 2.25. The molecule has 8 nitrogen and oxygen atoms in total. The smallest absolute Gasteiger partial charge is 0.322 e. The lowest BCUT2D eigenvalue weighted by Crippen LogP contribution is -2.30. The van der Waals surface area contributed by atoms with Crippen LogP contribution in [0.15, 0.2) is 27.8 Å². The minimum absolute atomic E-state index is 0.0638. The van der Waals surface area contributed by atoms with Crippen molar-refractivity contribution in [3.05, 3.63) is 33.0 Å². The molecule has 0 aromatic carbocycles. The number of nitrogens with zero attached hydrogens (tertiary/aromatic N) is 2. The zero-order valence-corrected chi connectivity index (χ0v) is 13.4. The van der Waals surface area contributed by atoms with Gasteiger partial charge in [0.05, 0.1) is 12.8 Å². The van der Waals surface area contributed by atoms with E-state index in [1.165, 1.54) is 17.0 Å². The van der Waals surface area contributed by atoms with Gasteiger partial charge in [0.25, 0.3) is 0 Å². The number of carboxylic acids is 1. The number of furan rings is 1. The number of hydrogen-bond donors (Lipinski definition) is 3. The molecule has 0 atom stereocenters. The largest absolute Gasteiger partial charge is 0.493 e. The van der Waals surface area contributed by atoms with Gasteiger partial charge in [0, 0.05) is 6.21 Å². The number of aromatic hydroxyl groups is 1. The number of hydrogen-bond acceptors (Lipinski definition) is 7. The van der Waals surface area contributed by atoms with Gasteiger partial charge in [0.1, 0.15) is 23.7 Å². The first-order chi connectivity index (χ1) is 11.0. The quantitative estimate of drug-likeness (QED) is 0.508. The maximum Gasteiger partial charge on any atom is 0.322 e. The fraction of sp³-hybridized carbons (Fsp3) is 0.231. The molecule has 2 heterocycles. The number of aliphatic carboxylic acids is 1. The number of carboxylic acid groups (broad SMARTS) is 1. The maximum atomic E-state index is 11.3. The minimum Gasteiger partial charge on any atom is -0.493 e. The van der Waals surface area contributed by atoms with E-state index in [0.29, 0.717) is 21.1 Å². The zero-order chi connectivity index (χ0) is 16.8. The van der Waals surface area contributed by atoms with E-state index >= 15 is 0 Å². The van der Waals surface area contributed by atoms with Crippen LogP contribution in [-0.4, -0.2) is 46.0 Å². The van der Waals surface area contributed by atoms with Crippen molar-refractivity contribution in [2.45, 2.75) is 6.54 Å². The molecule has 0 spiro atoms. The molecule has 0 unspecified atom stereocenters. The summed E-state index contributed by atoms with van der Waals surface area (Å²) in [6, 6.07) is 3.50. The van der Waals surface area contributed by atoms with Gasteiger partial charge in [-0.3, -0.25) is 19.1 Å². The van der Waals surface area contributed by atoms with Gasteiger partial charge < -0.3 is 19.9 Å². The van der Waals surface area contributed by atoms with Crippen molar-refractivity contribution in [1.29, 1.82) is 0 Å². The van der Waals surface area contributed by atoms with Crippen LogP contribution in [0.5, 0.6) is 5.88 Å². The van der Waals surface area contributed by atoms with Crippen LogP contribution in [0.4, 0.5) is 0 Å². The molecule has 10 heteroatoms. The number of nitrogens with one attached hydrogen (secondary N) is 1. The molecule has 0 radical (unpaired) electrons. The number of aromatic nitrogens is 1. The SMILES string of the molecule is O=C(O)CNC(=O)CN=Cc1sc(=S)n(Cc2ccco2)c1O. The molecule has 0 saturated carbocycles. The molecule has 2 aromatic rings. The first kappa shape index (κ1) is 16.9. The molecule has 122 valence electrons. The average Bonchev–Trinajstić information content (AvgIpc) is 3.09. The summed E-state index contributed by atoms with van der Waals surface area (Å²) in [4.78, 5) is 25.9. The summed E-state index contributed by atoms with van der Waals surface area (Å²) < 4.78 is 7.14. The molecule has 0 aliphatic carbocycles. The summed E-state index contributed by atoms with van der Waals surface area (Å²) in [5.41, 5.74) is 0. The van der Waals surface area contributed by atoms with Crippen LogP contribution in [0.25, 0.3) is 0 Å². The Kier molecular flexibility index (Phi) is 5.66. The van der Waals surface area contributed by atoms with Gasteiger partial charge in [-0.25, -0.2) is 0 Å². The Hall–Kier alpha value is -2.46. The van der Waals surface area contributed by atoms with Crippen molar-refractivity contribution >= 4 is 41.6 Å². The van der Waals surface area contributed by atoms with E-state index in [1.54, 1.807) is 12.1 Å². The average molecular weight is 355 g/mol. The van der Waals surface area contributed by atoms with Gasteiger partial charge in [-0.15, -0.1) is 0 Å². The number of carbonyl (C=O) groups excluding carboxylic acids is 1. The van der Waals surface area contributed by atoms with E-state index in [2.05, 4.69) is 10.3 Å². The molecule has 1 amide bonds. The second-order valence-electron chi connectivity index (χ2n) is 4.36. The highest BCUT2D eigenvalue weighted by Gasteiger charge is 2.11. The zero-order valence-electron chi connectivity index (χ0n) is 11.8. The predicted octanol–water partition coefficient (Wildman–Crippen LogP) is 1.25. The van der Waals surface area contributed by atoms with Crippen LogP contribution < -0.4 is 5.32 Å². The Bertz CT molecular complexity index is 776. The lowest BCUT2D eigenvalue weighted by molar-refractivity contribution is -0.137. The lowest BCUT2D eigenvalue weighted by Gasteiger charge is -2.01. The Morgan fingerprint density at radius 1 is 1.52 bits per heavy atom. The van der Waals surface area contributed by atoms with Gasteiger partial charge in [-0.1, -0.05) is 11.3 Å². The Morgan fingerprint density at radius 3 is 2.96 bits per heavy atom. The Labute approximate surface area is 139 Å².